The van der Waals surface area contributed by atoms with Gasteiger partial charge in [-0.25, -0.2) is 4.79 Å². The number of aromatic nitrogens is 4. The monoisotopic (exact) mass is 291 g/mol. The summed E-state index contributed by atoms with van der Waals surface area (Å²) in [7, 11) is 1.48. The van der Waals surface area contributed by atoms with E-state index >= 15 is 0 Å². The van der Waals surface area contributed by atoms with Gasteiger partial charge in [-0.05, 0) is 19.9 Å². The Morgan fingerprint density at radius 3 is 2.76 bits per heavy atom. The van der Waals surface area contributed by atoms with Crippen molar-refractivity contribution in [2.45, 2.75) is 26.4 Å². The molecule has 0 bridgehead atoms. The number of carboxylic acids is 1. The second-order valence-corrected chi connectivity index (χ2v) is 4.89. The number of nitrogens with one attached hydrogen (secondary N) is 1. The molecular formula is C13H17N5O3. The van der Waals surface area contributed by atoms with Gasteiger partial charge in [0.05, 0.1) is 24.0 Å². The van der Waals surface area contributed by atoms with E-state index < -0.39 is 11.9 Å². The first-order valence-corrected chi connectivity index (χ1v) is 6.44. The minimum absolute atomic E-state index is 0.0495. The topological polar surface area (TPSA) is 102 Å². The lowest BCUT2D eigenvalue weighted by atomic mass is 10.2. The highest BCUT2D eigenvalue weighted by atomic mass is 16.4. The van der Waals surface area contributed by atoms with E-state index in [9.17, 15) is 9.59 Å². The van der Waals surface area contributed by atoms with Crippen LogP contribution in [0.15, 0.2) is 18.5 Å². The van der Waals surface area contributed by atoms with Crippen molar-refractivity contribution >= 4 is 11.9 Å². The van der Waals surface area contributed by atoms with Crippen LogP contribution in [0.5, 0.6) is 0 Å². The van der Waals surface area contributed by atoms with Crippen LogP contribution >= 0.6 is 0 Å². The summed E-state index contributed by atoms with van der Waals surface area (Å²) in [4.78, 5) is 23.3. The van der Waals surface area contributed by atoms with Crippen molar-refractivity contribution in [2.24, 2.45) is 7.05 Å². The molecule has 2 rings (SSSR count). The number of carboxylic acid groups (broad SMARTS) is 1. The average molecular weight is 291 g/mol. The van der Waals surface area contributed by atoms with Gasteiger partial charge in [-0.2, -0.15) is 10.2 Å². The van der Waals surface area contributed by atoms with Crippen LogP contribution < -0.4 is 5.32 Å². The number of hydrogen-bond donors (Lipinski definition) is 2. The summed E-state index contributed by atoms with van der Waals surface area (Å²) in [5.41, 5.74) is 0.817. The predicted molar refractivity (Wildman–Crippen MR) is 74.1 cm³/mol. The van der Waals surface area contributed by atoms with Crippen LogP contribution in [-0.2, 0) is 13.6 Å². The highest BCUT2D eigenvalue weighted by Gasteiger charge is 2.22. The first-order chi connectivity index (χ1) is 9.88. The molecule has 0 aromatic carbocycles. The van der Waals surface area contributed by atoms with Crippen LogP contribution in [0.4, 0.5) is 0 Å². The molecule has 0 saturated carbocycles. The first kappa shape index (κ1) is 14.8. The SMILES string of the molecule is Cc1ccn(CC(C)NC(=O)c2cnn(C)c2C(=O)O)n1. The van der Waals surface area contributed by atoms with Crippen LogP contribution in [0.3, 0.4) is 0 Å². The lowest BCUT2D eigenvalue weighted by Crippen LogP contribution is -2.36. The Hall–Kier alpha value is -2.64. The second-order valence-electron chi connectivity index (χ2n) is 4.89. The fourth-order valence-electron chi connectivity index (χ4n) is 2.05. The van der Waals surface area contributed by atoms with Gasteiger partial charge in [0.25, 0.3) is 5.91 Å². The molecule has 0 spiro atoms. The molecule has 0 aliphatic heterocycles. The van der Waals surface area contributed by atoms with E-state index in [1.165, 1.54) is 17.9 Å². The predicted octanol–water partition coefficient (Wildman–Crippen LogP) is 0.442. The van der Waals surface area contributed by atoms with Gasteiger partial charge in [-0.3, -0.25) is 14.2 Å². The Balaban J connectivity index is 2.06. The van der Waals surface area contributed by atoms with E-state index in [1.54, 1.807) is 4.68 Å². The summed E-state index contributed by atoms with van der Waals surface area (Å²) in [5.74, 6) is -1.65. The second kappa shape index (κ2) is 5.78. The van der Waals surface area contributed by atoms with Crippen molar-refractivity contribution in [2.75, 3.05) is 0 Å². The summed E-state index contributed by atoms with van der Waals surface area (Å²) in [6.07, 6.45) is 3.08. The first-order valence-electron chi connectivity index (χ1n) is 6.44. The third-order valence-corrected chi connectivity index (χ3v) is 3.00. The lowest BCUT2D eigenvalue weighted by Gasteiger charge is -2.13. The van der Waals surface area contributed by atoms with Crippen molar-refractivity contribution < 1.29 is 14.7 Å². The van der Waals surface area contributed by atoms with Gasteiger partial charge in [-0.15, -0.1) is 0 Å². The van der Waals surface area contributed by atoms with E-state index in [4.69, 9.17) is 5.11 Å². The van der Waals surface area contributed by atoms with Gasteiger partial charge in [0, 0.05) is 19.3 Å². The molecule has 2 aromatic rings. The van der Waals surface area contributed by atoms with Gasteiger partial charge < -0.3 is 10.4 Å². The number of amides is 1. The summed E-state index contributed by atoms with van der Waals surface area (Å²) >= 11 is 0. The maximum absolute atomic E-state index is 12.1. The number of aromatic carboxylic acids is 1. The smallest absolute Gasteiger partial charge is 0.354 e. The summed E-state index contributed by atoms with van der Waals surface area (Å²) < 4.78 is 2.89. The number of rotatable bonds is 5. The number of nitrogens with zero attached hydrogens (tertiary/aromatic N) is 4. The Kier molecular flexibility index (Phi) is 4.06. The zero-order chi connectivity index (χ0) is 15.6. The molecule has 8 nitrogen and oxygen atoms in total. The minimum atomic E-state index is -1.18. The molecule has 2 heterocycles. The van der Waals surface area contributed by atoms with E-state index in [-0.39, 0.29) is 17.3 Å². The highest BCUT2D eigenvalue weighted by molar-refractivity contribution is 6.03. The molecule has 1 unspecified atom stereocenters. The number of carbonyl (C=O) groups excluding carboxylic acids is 1. The molecule has 1 atom stereocenters. The Labute approximate surface area is 121 Å². The Morgan fingerprint density at radius 1 is 1.48 bits per heavy atom. The van der Waals surface area contributed by atoms with Gasteiger partial charge in [0.2, 0.25) is 0 Å². The molecule has 2 aromatic heterocycles. The fraction of sp³-hybridized carbons (Fsp3) is 0.385. The number of hydrogen-bond acceptors (Lipinski definition) is 4. The van der Waals surface area contributed by atoms with Gasteiger partial charge in [-0.1, -0.05) is 0 Å². The molecule has 8 heteroatoms. The third-order valence-electron chi connectivity index (χ3n) is 3.00. The standard InChI is InChI=1S/C13H17N5O3/c1-8-4-5-18(16-8)7-9(2)15-12(19)10-6-14-17(3)11(10)13(20)21/h4-6,9H,7H2,1-3H3,(H,15,19)(H,20,21). The normalized spacial score (nSPS) is 12.1. The van der Waals surface area contributed by atoms with Crippen LogP contribution in [-0.4, -0.2) is 42.6 Å². The molecule has 0 fully saturated rings. The van der Waals surface area contributed by atoms with Crippen LogP contribution in [0.25, 0.3) is 0 Å². The molecule has 1 amide bonds. The molecule has 2 N–H and O–H groups in total. The van der Waals surface area contributed by atoms with Crippen molar-refractivity contribution in [3.05, 3.63) is 35.4 Å². The zero-order valence-corrected chi connectivity index (χ0v) is 12.1. The average Bonchev–Trinajstić information content (AvgIpc) is 2.95. The molecule has 0 aliphatic rings. The van der Waals surface area contributed by atoms with Crippen molar-refractivity contribution in [1.82, 2.24) is 24.9 Å². The molecule has 21 heavy (non-hydrogen) atoms. The summed E-state index contributed by atoms with van der Waals surface area (Å²) in [5, 5.41) is 19.9. The van der Waals surface area contributed by atoms with Crippen molar-refractivity contribution in [1.29, 1.82) is 0 Å². The number of aryl methyl sites for hydroxylation is 2. The Morgan fingerprint density at radius 2 is 2.19 bits per heavy atom. The molecule has 0 radical (unpaired) electrons. The quantitative estimate of drug-likeness (QED) is 0.832. The van der Waals surface area contributed by atoms with Gasteiger partial charge in [0.15, 0.2) is 5.69 Å². The van der Waals surface area contributed by atoms with E-state index in [2.05, 4.69) is 15.5 Å². The van der Waals surface area contributed by atoms with Crippen LogP contribution in [0.2, 0.25) is 0 Å². The van der Waals surface area contributed by atoms with E-state index in [0.29, 0.717) is 6.54 Å². The maximum Gasteiger partial charge on any atom is 0.354 e. The largest absolute Gasteiger partial charge is 0.477 e. The molecule has 0 saturated heterocycles. The van der Waals surface area contributed by atoms with Crippen molar-refractivity contribution in [3.63, 3.8) is 0 Å². The number of carbonyl (C=O) groups is 2. The van der Waals surface area contributed by atoms with Gasteiger partial charge >= 0.3 is 5.97 Å². The summed E-state index contributed by atoms with van der Waals surface area (Å²) in [6, 6.07) is 1.68. The molecule has 112 valence electrons. The molecular weight excluding hydrogens is 274 g/mol. The zero-order valence-electron chi connectivity index (χ0n) is 12.1. The van der Waals surface area contributed by atoms with Crippen LogP contribution in [0.1, 0.15) is 33.5 Å². The van der Waals surface area contributed by atoms with E-state index in [0.717, 1.165) is 5.69 Å². The summed E-state index contributed by atoms with van der Waals surface area (Å²) in [6.45, 7) is 4.21. The van der Waals surface area contributed by atoms with Crippen LogP contribution in [0, 0.1) is 6.92 Å². The Bertz CT molecular complexity index is 673. The highest BCUT2D eigenvalue weighted by Crippen LogP contribution is 2.08. The molecule has 0 aliphatic carbocycles. The van der Waals surface area contributed by atoms with Crippen molar-refractivity contribution in [3.8, 4) is 0 Å². The fourth-order valence-corrected chi connectivity index (χ4v) is 2.05. The lowest BCUT2D eigenvalue weighted by molar-refractivity contribution is 0.0678. The van der Waals surface area contributed by atoms with E-state index in [1.807, 2.05) is 26.1 Å². The van der Waals surface area contributed by atoms with Gasteiger partial charge in [0.1, 0.15) is 0 Å². The maximum atomic E-state index is 12.1. The minimum Gasteiger partial charge on any atom is -0.477 e. The third kappa shape index (κ3) is 3.28.